The fourth-order valence-electron chi connectivity index (χ4n) is 4.27. The summed E-state index contributed by atoms with van der Waals surface area (Å²) < 4.78 is 18.0. The van der Waals surface area contributed by atoms with Crippen LogP contribution in [0.3, 0.4) is 0 Å². The van der Waals surface area contributed by atoms with Crippen LogP contribution in [0.1, 0.15) is 55.6 Å². The maximum atomic E-state index is 11.8. The molecule has 1 fully saturated rings. The zero-order valence-electron chi connectivity index (χ0n) is 22.2. The summed E-state index contributed by atoms with van der Waals surface area (Å²) in [4.78, 5) is 23.2. The van der Waals surface area contributed by atoms with Crippen molar-refractivity contribution >= 4 is 22.9 Å². The number of benzene rings is 3. The lowest BCUT2D eigenvalue weighted by Gasteiger charge is -2.14. The normalized spacial score (nSPS) is 15.0. The van der Waals surface area contributed by atoms with Crippen LogP contribution in [0.5, 0.6) is 23.0 Å². The van der Waals surface area contributed by atoms with Gasteiger partial charge in [0, 0.05) is 6.42 Å². The fourth-order valence-corrected chi connectivity index (χ4v) is 5.10. The predicted molar refractivity (Wildman–Crippen MR) is 151 cm³/mol. The summed E-state index contributed by atoms with van der Waals surface area (Å²) >= 11 is 0.998. The van der Waals surface area contributed by atoms with E-state index in [0.29, 0.717) is 24.9 Å². The Morgan fingerprint density at radius 1 is 0.868 bits per heavy atom. The van der Waals surface area contributed by atoms with Crippen LogP contribution >= 0.6 is 11.8 Å². The average molecular weight is 534 g/mol. The molecule has 1 N–H and O–H groups in total. The van der Waals surface area contributed by atoms with Crippen LogP contribution in [0.4, 0.5) is 4.79 Å². The van der Waals surface area contributed by atoms with Crippen LogP contribution in [0.15, 0.2) is 66.7 Å². The van der Waals surface area contributed by atoms with E-state index in [-0.39, 0.29) is 11.1 Å². The summed E-state index contributed by atoms with van der Waals surface area (Å²) in [6.45, 7) is 7.64. The lowest BCUT2D eigenvalue weighted by atomic mass is 10.0. The Bertz CT molecular complexity index is 1220. The van der Waals surface area contributed by atoms with Gasteiger partial charge >= 0.3 is 0 Å². The van der Waals surface area contributed by atoms with Gasteiger partial charge in [-0.3, -0.25) is 14.9 Å². The predicted octanol–water partition coefficient (Wildman–Crippen LogP) is 7.50. The first-order valence-electron chi connectivity index (χ1n) is 13.2. The quantitative estimate of drug-likeness (QED) is 0.229. The summed E-state index contributed by atoms with van der Waals surface area (Å²) in [5, 5.41) is 1.51. The molecular formula is C31H35NO5S. The van der Waals surface area contributed by atoms with E-state index in [9.17, 15) is 9.59 Å². The van der Waals surface area contributed by atoms with Crippen molar-refractivity contribution in [2.24, 2.45) is 5.92 Å². The monoisotopic (exact) mass is 533 g/mol. The van der Waals surface area contributed by atoms with Gasteiger partial charge in [0.1, 0.15) is 28.2 Å². The standard InChI is InChI=1S/C31H35NO5S/c1-4-6-24-20-27(37-26-11-7-22(8-12-26)19-21(2)3)15-16-28(24)36-18-5-17-35-25-13-9-23(10-14-25)29-30(33)32-31(34)38-29/h7-16,20-21,29H,4-6,17-19H2,1-3H3,(H,32,33,34). The summed E-state index contributed by atoms with van der Waals surface area (Å²) in [6, 6.07) is 21.6. The number of imide groups is 1. The Labute approximate surface area is 229 Å². The molecule has 0 spiro atoms. The van der Waals surface area contributed by atoms with E-state index in [1.807, 2.05) is 48.5 Å². The highest BCUT2D eigenvalue weighted by molar-refractivity contribution is 8.15. The maximum absolute atomic E-state index is 11.8. The number of nitrogens with one attached hydrogen (secondary N) is 1. The molecule has 0 bridgehead atoms. The highest BCUT2D eigenvalue weighted by Crippen LogP contribution is 2.35. The van der Waals surface area contributed by atoms with Crippen molar-refractivity contribution in [1.29, 1.82) is 0 Å². The first-order chi connectivity index (χ1) is 18.4. The SMILES string of the molecule is CCCc1cc(Oc2ccc(CC(C)C)cc2)ccc1OCCCOc1ccc(C2SC(=O)NC2=O)cc1. The molecule has 1 unspecified atom stereocenters. The topological polar surface area (TPSA) is 73.9 Å². The summed E-state index contributed by atoms with van der Waals surface area (Å²) in [5.41, 5.74) is 3.23. The molecule has 1 aliphatic heterocycles. The Morgan fingerprint density at radius 2 is 1.55 bits per heavy atom. The summed E-state index contributed by atoms with van der Waals surface area (Å²) in [6.07, 6.45) is 3.71. The molecule has 3 aromatic rings. The van der Waals surface area contributed by atoms with Gasteiger partial charge in [0.2, 0.25) is 5.91 Å². The van der Waals surface area contributed by atoms with Crippen molar-refractivity contribution in [2.75, 3.05) is 13.2 Å². The summed E-state index contributed by atoms with van der Waals surface area (Å²) in [5.74, 6) is 3.58. The minimum Gasteiger partial charge on any atom is -0.493 e. The van der Waals surface area contributed by atoms with E-state index < -0.39 is 5.25 Å². The van der Waals surface area contributed by atoms with E-state index in [4.69, 9.17) is 14.2 Å². The second-order valence-electron chi connectivity index (χ2n) is 9.76. The minimum atomic E-state index is -0.491. The number of aryl methyl sites for hydroxylation is 1. The molecule has 0 aliphatic carbocycles. The van der Waals surface area contributed by atoms with Crippen LogP contribution in [0.2, 0.25) is 0 Å². The average Bonchev–Trinajstić information content (AvgIpc) is 3.24. The number of amides is 2. The van der Waals surface area contributed by atoms with Gasteiger partial charge in [-0.15, -0.1) is 0 Å². The van der Waals surface area contributed by atoms with E-state index in [1.165, 1.54) is 5.56 Å². The van der Waals surface area contributed by atoms with E-state index in [0.717, 1.165) is 65.8 Å². The molecule has 0 radical (unpaired) electrons. The van der Waals surface area contributed by atoms with Crippen molar-refractivity contribution in [3.8, 4) is 23.0 Å². The van der Waals surface area contributed by atoms with Crippen molar-refractivity contribution in [2.45, 2.75) is 51.7 Å². The number of hydrogen-bond donors (Lipinski definition) is 1. The lowest BCUT2D eigenvalue weighted by molar-refractivity contribution is -0.119. The minimum absolute atomic E-state index is 0.274. The zero-order chi connectivity index (χ0) is 26.9. The molecule has 1 aliphatic rings. The molecule has 1 saturated heterocycles. The van der Waals surface area contributed by atoms with Crippen LogP contribution < -0.4 is 19.5 Å². The third-order valence-electron chi connectivity index (χ3n) is 6.04. The van der Waals surface area contributed by atoms with Crippen LogP contribution in [-0.4, -0.2) is 24.4 Å². The molecule has 1 atom stereocenters. The largest absolute Gasteiger partial charge is 0.493 e. The molecule has 6 nitrogen and oxygen atoms in total. The maximum Gasteiger partial charge on any atom is 0.286 e. The summed E-state index contributed by atoms with van der Waals surface area (Å²) in [7, 11) is 0. The van der Waals surface area contributed by atoms with Gasteiger partial charge in [-0.1, -0.05) is 51.5 Å². The highest BCUT2D eigenvalue weighted by atomic mass is 32.2. The van der Waals surface area contributed by atoms with Gasteiger partial charge in [-0.2, -0.15) is 0 Å². The number of ether oxygens (including phenoxy) is 3. The van der Waals surface area contributed by atoms with Gasteiger partial charge in [0.25, 0.3) is 5.24 Å². The van der Waals surface area contributed by atoms with Crippen LogP contribution in [-0.2, 0) is 17.6 Å². The van der Waals surface area contributed by atoms with Crippen molar-refractivity contribution in [3.63, 3.8) is 0 Å². The number of thioether (sulfide) groups is 1. The lowest BCUT2D eigenvalue weighted by Crippen LogP contribution is -2.20. The van der Waals surface area contributed by atoms with E-state index in [1.54, 1.807) is 0 Å². The number of carbonyl (C=O) groups excluding carboxylic acids is 2. The van der Waals surface area contributed by atoms with Crippen molar-refractivity contribution in [3.05, 3.63) is 83.4 Å². The van der Waals surface area contributed by atoms with Gasteiger partial charge in [-0.25, -0.2) is 0 Å². The van der Waals surface area contributed by atoms with E-state index >= 15 is 0 Å². The van der Waals surface area contributed by atoms with Crippen LogP contribution in [0.25, 0.3) is 0 Å². The third-order valence-corrected chi connectivity index (χ3v) is 7.08. The van der Waals surface area contributed by atoms with E-state index in [2.05, 4.69) is 44.3 Å². The smallest absolute Gasteiger partial charge is 0.286 e. The molecular weight excluding hydrogens is 498 g/mol. The third kappa shape index (κ3) is 7.78. The van der Waals surface area contributed by atoms with Gasteiger partial charge in [0.15, 0.2) is 0 Å². The molecule has 3 aromatic carbocycles. The molecule has 0 saturated carbocycles. The molecule has 2 amide bonds. The Kier molecular flexibility index (Phi) is 9.71. The van der Waals surface area contributed by atoms with Crippen LogP contribution in [0, 0.1) is 5.92 Å². The Balaban J connectivity index is 1.25. The first kappa shape index (κ1) is 27.6. The Morgan fingerprint density at radius 3 is 2.21 bits per heavy atom. The zero-order valence-corrected chi connectivity index (χ0v) is 23.0. The Hall–Kier alpha value is -3.45. The number of carbonyl (C=O) groups is 2. The molecule has 4 rings (SSSR count). The van der Waals surface area contributed by atoms with Gasteiger partial charge < -0.3 is 14.2 Å². The molecule has 0 aromatic heterocycles. The molecule has 1 heterocycles. The highest BCUT2D eigenvalue weighted by Gasteiger charge is 2.32. The van der Waals surface area contributed by atoms with Crippen molar-refractivity contribution < 1.29 is 23.8 Å². The van der Waals surface area contributed by atoms with Gasteiger partial charge in [-0.05, 0) is 89.7 Å². The van der Waals surface area contributed by atoms with Crippen molar-refractivity contribution in [1.82, 2.24) is 5.32 Å². The second-order valence-corrected chi connectivity index (χ2v) is 10.8. The first-order valence-corrected chi connectivity index (χ1v) is 14.1. The second kappa shape index (κ2) is 13.4. The fraction of sp³-hybridized carbons (Fsp3) is 0.355. The molecule has 7 heteroatoms. The van der Waals surface area contributed by atoms with Gasteiger partial charge in [0.05, 0.1) is 13.2 Å². The number of rotatable bonds is 13. The molecule has 200 valence electrons. The molecule has 38 heavy (non-hydrogen) atoms. The number of hydrogen-bond acceptors (Lipinski definition) is 6.